The third kappa shape index (κ3) is 5.27. The summed E-state index contributed by atoms with van der Waals surface area (Å²) in [5, 5.41) is 9.98. The van der Waals surface area contributed by atoms with Crippen molar-refractivity contribution >= 4 is 22.7 Å². The molecule has 1 heterocycles. The first-order valence-electron chi connectivity index (χ1n) is 11.1. The number of methoxy groups -OCH3 is 1. The molecule has 2 amide bonds. The smallest absolute Gasteiger partial charge is 0.274 e. The van der Waals surface area contributed by atoms with Gasteiger partial charge in [0, 0.05) is 41.3 Å². The van der Waals surface area contributed by atoms with Crippen LogP contribution in [0.15, 0.2) is 79.0 Å². The van der Waals surface area contributed by atoms with Crippen LogP contribution in [-0.4, -0.2) is 40.6 Å². The van der Waals surface area contributed by atoms with E-state index in [2.05, 4.69) is 11.1 Å². The predicted octanol–water partition coefficient (Wildman–Crippen LogP) is 4.11. The van der Waals surface area contributed by atoms with Gasteiger partial charge < -0.3 is 14.6 Å². The number of hydrogen-bond acceptors (Lipinski definition) is 4. The van der Waals surface area contributed by atoms with E-state index in [0.717, 1.165) is 27.6 Å². The lowest BCUT2D eigenvalue weighted by Gasteiger charge is -2.23. The molecule has 0 fully saturated rings. The number of para-hydroxylation sites is 2. The monoisotopic (exact) mass is 457 g/mol. The van der Waals surface area contributed by atoms with E-state index in [9.17, 15) is 9.59 Å². The molecular formula is C27H27N3O4. The maximum absolute atomic E-state index is 13.4. The summed E-state index contributed by atoms with van der Waals surface area (Å²) in [6, 6.07) is 22.5. The van der Waals surface area contributed by atoms with Crippen molar-refractivity contribution in [3.63, 3.8) is 0 Å². The second kappa shape index (κ2) is 10.7. The highest BCUT2D eigenvalue weighted by atomic mass is 16.5. The number of aromatic nitrogens is 1. The van der Waals surface area contributed by atoms with E-state index in [1.807, 2.05) is 53.6 Å². The number of fused-ring (bicyclic) bond motifs is 1. The molecule has 0 aliphatic heterocycles. The van der Waals surface area contributed by atoms with E-state index in [-0.39, 0.29) is 12.3 Å². The third-order valence-electron chi connectivity index (χ3n) is 5.90. The lowest BCUT2D eigenvalue weighted by Crippen LogP contribution is -2.33. The minimum Gasteiger partial charge on any atom is -0.496 e. The van der Waals surface area contributed by atoms with Crippen LogP contribution in [0.4, 0.5) is 0 Å². The molecule has 34 heavy (non-hydrogen) atoms. The topological polar surface area (TPSA) is 94.7 Å². The second-order valence-electron chi connectivity index (χ2n) is 8.05. The van der Waals surface area contributed by atoms with Crippen LogP contribution in [0, 0.1) is 0 Å². The number of nitrogens with one attached hydrogen (secondary N) is 2. The zero-order chi connectivity index (χ0) is 23.9. The van der Waals surface area contributed by atoms with Gasteiger partial charge in [-0.05, 0) is 41.8 Å². The molecule has 0 atom stereocenters. The average Bonchev–Trinajstić information content (AvgIpc) is 3.29. The summed E-state index contributed by atoms with van der Waals surface area (Å²) >= 11 is 0. The molecule has 174 valence electrons. The predicted molar refractivity (Wildman–Crippen MR) is 130 cm³/mol. The fourth-order valence-electron chi connectivity index (χ4n) is 4.06. The van der Waals surface area contributed by atoms with Crippen LogP contribution in [0.1, 0.15) is 27.0 Å². The van der Waals surface area contributed by atoms with Gasteiger partial charge in [-0.2, -0.15) is 0 Å². The van der Waals surface area contributed by atoms with Crippen LogP contribution in [-0.2, 0) is 24.2 Å². The summed E-state index contributed by atoms with van der Waals surface area (Å²) in [6.45, 7) is 0.937. The first-order chi connectivity index (χ1) is 16.6. The van der Waals surface area contributed by atoms with E-state index in [0.29, 0.717) is 30.8 Å². The van der Waals surface area contributed by atoms with Crippen molar-refractivity contribution in [3.05, 3.63) is 101 Å². The van der Waals surface area contributed by atoms with Gasteiger partial charge in [0.05, 0.1) is 13.5 Å². The van der Waals surface area contributed by atoms with Gasteiger partial charge in [-0.25, -0.2) is 5.48 Å². The van der Waals surface area contributed by atoms with Gasteiger partial charge in [-0.15, -0.1) is 0 Å². The zero-order valence-electron chi connectivity index (χ0n) is 19.0. The van der Waals surface area contributed by atoms with Crippen molar-refractivity contribution in [2.75, 3.05) is 13.7 Å². The zero-order valence-corrected chi connectivity index (χ0v) is 19.0. The van der Waals surface area contributed by atoms with Gasteiger partial charge >= 0.3 is 0 Å². The quantitative estimate of drug-likeness (QED) is 0.260. The largest absolute Gasteiger partial charge is 0.496 e. The Hall–Kier alpha value is -4.10. The van der Waals surface area contributed by atoms with Crippen molar-refractivity contribution in [3.8, 4) is 5.75 Å². The van der Waals surface area contributed by atoms with Gasteiger partial charge in [0.25, 0.3) is 5.91 Å². The van der Waals surface area contributed by atoms with Gasteiger partial charge in [0.15, 0.2) is 0 Å². The fraction of sp³-hybridized carbons (Fsp3) is 0.185. The van der Waals surface area contributed by atoms with Crippen LogP contribution >= 0.6 is 0 Å². The normalized spacial score (nSPS) is 10.8. The number of ether oxygens (including phenoxy) is 1. The minimum atomic E-state index is -0.574. The molecule has 0 bridgehead atoms. The van der Waals surface area contributed by atoms with Crippen molar-refractivity contribution in [2.24, 2.45) is 0 Å². The van der Waals surface area contributed by atoms with E-state index in [1.165, 1.54) is 0 Å². The number of aromatic amines is 1. The van der Waals surface area contributed by atoms with Crippen LogP contribution in [0.5, 0.6) is 5.75 Å². The summed E-state index contributed by atoms with van der Waals surface area (Å²) in [5.74, 6) is 0.100. The van der Waals surface area contributed by atoms with E-state index in [4.69, 9.17) is 9.94 Å². The Labute approximate surface area is 197 Å². The molecule has 0 aliphatic carbocycles. The number of nitrogens with zero attached hydrogens (tertiary/aromatic N) is 1. The molecule has 0 saturated heterocycles. The first-order valence-corrected chi connectivity index (χ1v) is 11.1. The molecule has 0 aliphatic rings. The maximum Gasteiger partial charge on any atom is 0.274 e. The molecule has 7 heteroatoms. The Bertz CT molecular complexity index is 1280. The van der Waals surface area contributed by atoms with Gasteiger partial charge in [-0.3, -0.25) is 14.8 Å². The number of rotatable bonds is 9. The van der Waals surface area contributed by atoms with Crippen molar-refractivity contribution < 1.29 is 19.5 Å². The van der Waals surface area contributed by atoms with Crippen LogP contribution in [0.3, 0.4) is 0 Å². The molecule has 7 nitrogen and oxygen atoms in total. The first kappa shape index (κ1) is 23.1. The maximum atomic E-state index is 13.4. The Balaban J connectivity index is 1.54. The molecule has 0 unspecified atom stereocenters. The van der Waals surface area contributed by atoms with Gasteiger partial charge in [0.2, 0.25) is 5.91 Å². The SMILES string of the molecule is COc1ccccc1CC(=O)N(CCc1c[nH]c2ccccc12)Cc1ccc(C(=O)NO)cc1. The van der Waals surface area contributed by atoms with Crippen molar-refractivity contribution in [1.29, 1.82) is 0 Å². The fourth-order valence-corrected chi connectivity index (χ4v) is 4.06. The highest BCUT2D eigenvalue weighted by molar-refractivity contribution is 5.93. The van der Waals surface area contributed by atoms with Crippen molar-refractivity contribution in [1.82, 2.24) is 15.4 Å². The number of amides is 2. The number of hydrogen-bond donors (Lipinski definition) is 3. The Morgan fingerprint density at radius 1 is 0.971 bits per heavy atom. The van der Waals surface area contributed by atoms with E-state index < -0.39 is 5.91 Å². The number of benzene rings is 3. The molecular weight excluding hydrogens is 430 g/mol. The summed E-state index contributed by atoms with van der Waals surface area (Å²) in [5.41, 5.74) is 5.93. The van der Waals surface area contributed by atoms with E-state index >= 15 is 0 Å². The summed E-state index contributed by atoms with van der Waals surface area (Å²) in [7, 11) is 1.60. The summed E-state index contributed by atoms with van der Waals surface area (Å²) in [4.78, 5) is 30.1. The lowest BCUT2D eigenvalue weighted by molar-refractivity contribution is -0.131. The molecule has 3 aromatic carbocycles. The van der Waals surface area contributed by atoms with Gasteiger partial charge in [-0.1, -0.05) is 48.5 Å². The van der Waals surface area contributed by atoms with Crippen molar-refractivity contribution in [2.45, 2.75) is 19.4 Å². The Kier molecular flexibility index (Phi) is 7.25. The lowest BCUT2D eigenvalue weighted by atomic mass is 10.1. The van der Waals surface area contributed by atoms with E-state index in [1.54, 1.807) is 36.9 Å². The van der Waals surface area contributed by atoms with Crippen LogP contribution in [0.2, 0.25) is 0 Å². The summed E-state index contributed by atoms with van der Waals surface area (Å²) in [6.07, 6.45) is 2.92. The minimum absolute atomic E-state index is 0.0125. The molecule has 0 saturated carbocycles. The number of hydroxylamine groups is 1. The Morgan fingerprint density at radius 2 is 1.71 bits per heavy atom. The second-order valence-corrected chi connectivity index (χ2v) is 8.05. The summed E-state index contributed by atoms with van der Waals surface area (Å²) < 4.78 is 5.42. The Morgan fingerprint density at radius 3 is 2.47 bits per heavy atom. The highest BCUT2D eigenvalue weighted by Crippen LogP contribution is 2.21. The molecule has 0 radical (unpaired) electrons. The number of carbonyl (C=O) groups is 2. The number of H-pyrrole nitrogens is 1. The third-order valence-corrected chi connectivity index (χ3v) is 5.90. The highest BCUT2D eigenvalue weighted by Gasteiger charge is 2.18. The number of carbonyl (C=O) groups excluding carboxylic acids is 2. The average molecular weight is 458 g/mol. The molecule has 1 aromatic heterocycles. The van der Waals surface area contributed by atoms with Crippen LogP contribution < -0.4 is 10.2 Å². The van der Waals surface area contributed by atoms with Crippen LogP contribution in [0.25, 0.3) is 10.9 Å². The standard InChI is InChI=1S/C27H27N3O4/c1-34-25-9-5-2-6-21(25)16-26(31)30(18-19-10-12-20(13-11-19)27(32)29-33)15-14-22-17-28-24-8-4-3-7-23(22)24/h2-13,17,28,33H,14-16,18H2,1H3,(H,29,32). The molecule has 4 rings (SSSR count). The molecule has 4 aromatic rings. The molecule has 3 N–H and O–H groups in total. The molecule has 0 spiro atoms. The van der Waals surface area contributed by atoms with Gasteiger partial charge in [0.1, 0.15) is 5.75 Å².